The number of nitrogens with zero attached hydrogens (tertiary/aromatic N) is 2. The fourth-order valence-electron chi connectivity index (χ4n) is 2.98. The van der Waals surface area contributed by atoms with Gasteiger partial charge in [0.25, 0.3) is 0 Å². The van der Waals surface area contributed by atoms with Crippen LogP contribution >= 0.6 is 11.3 Å². The van der Waals surface area contributed by atoms with Crippen molar-refractivity contribution in [1.29, 1.82) is 0 Å². The number of fused-ring (bicyclic) bond motifs is 1. The van der Waals surface area contributed by atoms with Gasteiger partial charge in [0, 0.05) is 43.8 Å². The fraction of sp³-hybridized carbons (Fsp3) is 0.438. The summed E-state index contributed by atoms with van der Waals surface area (Å²) in [5.41, 5.74) is 1.26. The largest absolute Gasteiger partial charge is 0.477 e. The van der Waals surface area contributed by atoms with Crippen molar-refractivity contribution in [2.24, 2.45) is 7.05 Å². The van der Waals surface area contributed by atoms with Gasteiger partial charge in [-0.05, 0) is 36.4 Å². The Balaban J connectivity index is 1.64. The van der Waals surface area contributed by atoms with Gasteiger partial charge in [0.15, 0.2) is 0 Å². The van der Waals surface area contributed by atoms with Gasteiger partial charge in [-0.25, -0.2) is 17.9 Å². The second-order valence-corrected chi connectivity index (χ2v) is 9.04. The van der Waals surface area contributed by atoms with Crippen molar-refractivity contribution in [3.8, 4) is 0 Å². The Hall–Kier alpha value is -1.68. The first-order valence-electron chi connectivity index (χ1n) is 7.96. The van der Waals surface area contributed by atoms with Crippen LogP contribution in [0.25, 0.3) is 0 Å². The molecule has 3 rings (SSSR count). The molecule has 136 valence electrons. The van der Waals surface area contributed by atoms with Gasteiger partial charge in [0.1, 0.15) is 10.6 Å². The minimum atomic E-state index is -3.74. The van der Waals surface area contributed by atoms with Crippen LogP contribution < -0.4 is 4.72 Å². The molecule has 1 atom stereocenters. The summed E-state index contributed by atoms with van der Waals surface area (Å²) >= 11 is 1.77. The predicted molar refractivity (Wildman–Crippen MR) is 95.5 cm³/mol. The molecule has 3 heterocycles. The number of nitrogens with one attached hydrogen (secondary N) is 1. The highest BCUT2D eigenvalue weighted by atomic mass is 32.2. The van der Waals surface area contributed by atoms with Crippen LogP contribution in [0.15, 0.2) is 28.6 Å². The smallest absolute Gasteiger partial charge is 0.352 e. The molecule has 1 aliphatic heterocycles. The van der Waals surface area contributed by atoms with E-state index in [1.807, 2.05) is 6.92 Å². The second-order valence-electron chi connectivity index (χ2n) is 6.27. The molecule has 2 N–H and O–H groups in total. The van der Waals surface area contributed by atoms with E-state index >= 15 is 0 Å². The molecule has 1 aliphatic rings. The average Bonchev–Trinajstić information content (AvgIpc) is 3.18. The van der Waals surface area contributed by atoms with Crippen LogP contribution in [0.4, 0.5) is 0 Å². The van der Waals surface area contributed by atoms with Crippen LogP contribution in [-0.4, -0.2) is 48.1 Å². The minimum Gasteiger partial charge on any atom is -0.477 e. The van der Waals surface area contributed by atoms with Gasteiger partial charge in [-0.1, -0.05) is 0 Å². The molecule has 2 aromatic rings. The van der Waals surface area contributed by atoms with E-state index in [0.29, 0.717) is 0 Å². The molecule has 7 nitrogen and oxygen atoms in total. The first-order valence-corrected chi connectivity index (χ1v) is 10.3. The number of hydrogen-bond acceptors (Lipinski definition) is 5. The third-order valence-electron chi connectivity index (χ3n) is 4.54. The Morgan fingerprint density at radius 2 is 2.24 bits per heavy atom. The fourth-order valence-corrected chi connectivity index (χ4v) is 5.06. The lowest BCUT2D eigenvalue weighted by molar-refractivity contribution is 0.0686. The molecule has 9 heteroatoms. The Kier molecular flexibility index (Phi) is 5.01. The average molecular weight is 383 g/mol. The van der Waals surface area contributed by atoms with E-state index in [0.717, 1.165) is 19.5 Å². The van der Waals surface area contributed by atoms with Crippen LogP contribution in [-0.2, 0) is 30.0 Å². The Bertz CT molecular complexity index is 885. The summed E-state index contributed by atoms with van der Waals surface area (Å²) in [5, 5.41) is 11.1. The SMILES string of the molecule is C[C@@H](CNS(=O)(=O)c1cc(C(=O)O)n(C)c1)N1CCc2sccc2C1. The molecule has 0 bridgehead atoms. The summed E-state index contributed by atoms with van der Waals surface area (Å²) in [7, 11) is -2.23. The Morgan fingerprint density at radius 3 is 2.92 bits per heavy atom. The first kappa shape index (κ1) is 18.1. The molecule has 25 heavy (non-hydrogen) atoms. The molecule has 0 saturated carbocycles. The molecule has 0 amide bonds. The summed E-state index contributed by atoms with van der Waals surface area (Å²) in [6, 6.07) is 3.35. The number of carboxylic acids is 1. The second kappa shape index (κ2) is 6.91. The highest BCUT2D eigenvalue weighted by Crippen LogP contribution is 2.25. The maximum atomic E-state index is 12.4. The molecule has 0 radical (unpaired) electrons. The van der Waals surface area contributed by atoms with Crippen molar-refractivity contribution in [2.75, 3.05) is 13.1 Å². The number of thiophene rings is 1. The van der Waals surface area contributed by atoms with Gasteiger partial charge in [0.2, 0.25) is 10.0 Å². The molecular formula is C16H21N3O4S2. The summed E-state index contributed by atoms with van der Waals surface area (Å²) in [6.07, 6.45) is 2.31. The Morgan fingerprint density at radius 1 is 1.48 bits per heavy atom. The topological polar surface area (TPSA) is 91.6 Å². The zero-order valence-electron chi connectivity index (χ0n) is 14.1. The first-order chi connectivity index (χ1) is 11.8. The van der Waals surface area contributed by atoms with Crippen LogP contribution in [0.3, 0.4) is 0 Å². The molecule has 0 aromatic carbocycles. The molecule has 0 saturated heterocycles. The predicted octanol–water partition coefficient (Wildman–Crippen LogP) is 1.51. The normalized spacial score (nSPS) is 16.6. The number of sulfonamides is 1. The van der Waals surface area contributed by atoms with Crippen molar-refractivity contribution in [1.82, 2.24) is 14.2 Å². The quantitative estimate of drug-likeness (QED) is 0.789. The lowest BCUT2D eigenvalue weighted by Gasteiger charge is -2.32. The number of carboxylic acid groups (broad SMARTS) is 1. The van der Waals surface area contributed by atoms with Gasteiger partial charge < -0.3 is 9.67 Å². The highest BCUT2D eigenvalue weighted by Gasteiger charge is 2.24. The Labute approximate surface area is 150 Å². The molecular weight excluding hydrogens is 362 g/mol. The number of rotatable bonds is 6. The zero-order valence-corrected chi connectivity index (χ0v) is 15.7. The number of aromatic carboxylic acids is 1. The number of carbonyl (C=O) groups is 1. The van der Waals surface area contributed by atoms with E-state index in [-0.39, 0.29) is 23.2 Å². The highest BCUT2D eigenvalue weighted by molar-refractivity contribution is 7.89. The third-order valence-corrected chi connectivity index (χ3v) is 6.95. The standard InChI is InChI=1S/C16H21N3O4S2/c1-11(19-5-3-15-12(9-19)4-6-24-15)8-17-25(22,23)13-7-14(16(20)21)18(2)10-13/h4,6-7,10-11,17H,3,5,8-9H2,1-2H3,(H,20,21)/t11-/m0/s1. The summed E-state index contributed by atoms with van der Waals surface area (Å²) in [6.45, 7) is 4.01. The molecule has 0 unspecified atom stereocenters. The van der Waals surface area contributed by atoms with Crippen LogP contribution in [0.1, 0.15) is 27.9 Å². The summed E-state index contributed by atoms with van der Waals surface area (Å²) < 4.78 is 28.8. The molecule has 0 aliphatic carbocycles. The van der Waals surface area contributed by atoms with Crippen molar-refractivity contribution in [2.45, 2.75) is 30.8 Å². The van der Waals surface area contributed by atoms with E-state index < -0.39 is 16.0 Å². The van der Waals surface area contributed by atoms with Crippen LogP contribution in [0.5, 0.6) is 0 Å². The van der Waals surface area contributed by atoms with Crippen molar-refractivity contribution in [3.05, 3.63) is 39.8 Å². The maximum absolute atomic E-state index is 12.4. The van der Waals surface area contributed by atoms with E-state index in [1.165, 1.54) is 34.3 Å². The van der Waals surface area contributed by atoms with Gasteiger partial charge in [-0.3, -0.25) is 4.90 Å². The summed E-state index contributed by atoms with van der Waals surface area (Å²) in [5.74, 6) is -1.16. The van der Waals surface area contributed by atoms with Crippen molar-refractivity contribution < 1.29 is 18.3 Å². The van der Waals surface area contributed by atoms with Gasteiger partial charge in [-0.15, -0.1) is 11.3 Å². The van der Waals surface area contributed by atoms with E-state index in [2.05, 4.69) is 21.1 Å². The van der Waals surface area contributed by atoms with Crippen LogP contribution in [0, 0.1) is 0 Å². The van der Waals surface area contributed by atoms with Crippen LogP contribution in [0.2, 0.25) is 0 Å². The molecule has 0 fully saturated rings. The summed E-state index contributed by atoms with van der Waals surface area (Å²) in [4.78, 5) is 14.7. The van der Waals surface area contributed by atoms with E-state index in [1.54, 1.807) is 11.3 Å². The van der Waals surface area contributed by atoms with Crippen molar-refractivity contribution >= 4 is 27.3 Å². The van der Waals surface area contributed by atoms with Crippen molar-refractivity contribution in [3.63, 3.8) is 0 Å². The lowest BCUT2D eigenvalue weighted by atomic mass is 10.1. The van der Waals surface area contributed by atoms with Gasteiger partial charge in [-0.2, -0.15) is 0 Å². The van der Waals surface area contributed by atoms with E-state index in [9.17, 15) is 13.2 Å². The number of aryl methyl sites for hydroxylation is 1. The molecule has 0 spiro atoms. The maximum Gasteiger partial charge on any atom is 0.352 e. The lowest BCUT2D eigenvalue weighted by Crippen LogP contribution is -2.44. The number of aromatic nitrogens is 1. The van der Waals surface area contributed by atoms with E-state index in [4.69, 9.17) is 5.11 Å². The monoisotopic (exact) mass is 383 g/mol. The van der Waals surface area contributed by atoms with Gasteiger partial charge >= 0.3 is 5.97 Å². The number of hydrogen-bond donors (Lipinski definition) is 2. The minimum absolute atomic E-state index is 0.0293. The van der Waals surface area contributed by atoms with Gasteiger partial charge in [0.05, 0.1) is 0 Å². The zero-order chi connectivity index (χ0) is 18.2. The third kappa shape index (κ3) is 3.79. The molecule has 2 aromatic heterocycles.